The average Bonchev–Trinajstić information content (AvgIpc) is 3.04. The summed E-state index contributed by atoms with van der Waals surface area (Å²) in [5.74, 6) is 0.611. The summed E-state index contributed by atoms with van der Waals surface area (Å²) in [7, 11) is -3.19. The highest BCUT2D eigenvalue weighted by molar-refractivity contribution is 7.89. The fourth-order valence-electron chi connectivity index (χ4n) is 1.70. The number of rotatable bonds is 10. The summed E-state index contributed by atoms with van der Waals surface area (Å²) < 4.78 is 30.7. The lowest BCUT2D eigenvalue weighted by molar-refractivity contribution is 0.377. The molecule has 19 heavy (non-hydrogen) atoms. The van der Waals surface area contributed by atoms with Gasteiger partial charge in [-0.1, -0.05) is 5.16 Å². The average molecular weight is 288 g/mol. The van der Waals surface area contributed by atoms with Crippen LogP contribution in [0.25, 0.3) is 0 Å². The summed E-state index contributed by atoms with van der Waals surface area (Å²) in [6.07, 6.45) is 5.81. The zero-order valence-corrected chi connectivity index (χ0v) is 11.7. The summed E-state index contributed by atoms with van der Waals surface area (Å²) in [5, 5.41) is 6.82. The lowest BCUT2D eigenvalue weighted by atomic mass is 10.3. The van der Waals surface area contributed by atoms with E-state index in [9.17, 15) is 8.42 Å². The van der Waals surface area contributed by atoms with Crippen molar-refractivity contribution < 1.29 is 12.9 Å². The lowest BCUT2D eigenvalue weighted by Crippen LogP contribution is -2.29. The van der Waals surface area contributed by atoms with Gasteiger partial charge in [0.05, 0.1) is 5.75 Å². The van der Waals surface area contributed by atoms with E-state index in [-0.39, 0.29) is 5.75 Å². The zero-order valence-electron chi connectivity index (χ0n) is 10.8. The Labute approximate surface area is 113 Å². The third kappa shape index (κ3) is 6.13. The van der Waals surface area contributed by atoms with Crippen LogP contribution in [0.5, 0.6) is 0 Å². The first-order valence-corrected chi connectivity index (χ1v) is 8.27. The maximum Gasteiger partial charge on any atom is 0.227 e. The Morgan fingerprint density at radius 2 is 2.16 bits per heavy atom. The summed E-state index contributed by atoms with van der Waals surface area (Å²) in [4.78, 5) is 3.82. The predicted molar refractivity (Wildman–Crippen MR) is 70.1 cm³/mol. The molecule has 0 unspecified atom stereocenters. The Balaban J connectivity index is 1.53. The van der Waals surface area contributed by atoms with Gasteiger partial charge in [-0.3, -0.25) is 0 Å². The molecule has 108 valence electrons. The molecular weight excluding hydrogens is 268 g/mol. The fraction of sp³-hybridized carbons (Fsp3) is 0.818. The first-order valence-electron chi connectivity index (χ1n) is 6.62. The van der Waals surface area contributed by atoms with Gasteiger partial charge in [0, 0.05) is 19.0 Å². The molecule has 0 bridgehead atoms. The van der Waals surface area contributed by atoms with Crippen LogP contribution >= 0.6 is 0 Å². The number of nitrogens with one attached hydrogen (secondary N) is 2. The highest BCUT2D eigenvalue weighted by Gasteiger charge is 2.19. The van der Waals surface area contributed by atoms with E-state index in [1.165, 1.54) is 19.2 Å². The van der Waals surface area contributed by atoms with E-state index in [2.05, 4.69) is 20.2 Å². The first kappa shape index (κ1) is 14.4. The van der Waals surface area contributed by atoms with E-state index in [0.717, 1.165) is 13.0 Å². The van der Waals surface area contributed by atoms with Gasteiger partial charge in [0.15, 0.2) is 6.33 Å². The topological polar surface area (TPSA) is 97.1 Å². The van der Waals surface area contributed by atoms with Crippen molar-refractivity contribution in [3.8, 4) is 0 Å². The normalized spacial score (nSPS) is 15.8. The van der Waals surface area contributed by atoms with Crippen LogP contribution in [0.2, 0.25) is 0 Å². The minimum absolute atomic E-state index is 0.170. The first-order chi connectivity index (χ1) is 9.16. The summed E-state index contributed by atoms with van der Waals surface area (Å²) >= 11 is 0. The Bertz CT molecular complexity index is 456. The molecule has 1 fully saturated rings. The van der Waals surface area contributed by atoms with E-state index >= 15 is 0 Å². The number of sulfonamides is 1. The van der Waals surface area contributed by atoms with Gasteiger partial charge >= 0.3 is 0 Å². The molecule has 1 aliphatic carbocycles. The molecule has 0 atom stereocenters. The second-order valence-electron chi connectivity index (χ2n) is 4.73. The second-order valence-corrected chi connectivity index (χ2v) is 6.66. The molecule has 0 amide bonds. The van der Waals surface area contributed by atoms with Gasteiger partial charge in [-0.05, 0) is 32.2 Å². The smallest absolute Gasteiger partial charge is 0.227 e. The SMILES string of the molecule is O=S(=O)(CCCCNC1CC1)NCCc1ncno1. The monoisotopic (exact) mass is 288 g/mol. The van der Waals surface area contributed by atoms with Crippen molar-refractivity contribution >= 4 is 10.0 Å². The number of hydrogen-bond donors (Lipinski definition) is 2. The van der Waals surface area contributed by atoms with Crippen LogP contribution in [-0.2, 0) is 16.4 Å². The molecule has 8 heteroatoms. The van der Waals surface area contributed by atoms with Crippen LogP contribution in [0.15, 0.2) is 10.9 Å². The van der Waals surface area contributed by atoms with Gasteiger partial charge in [0.2, 0.25) is 15.9 Å². The van der Waals surface area contributed by atoms with E-state index in [1.807, 2.05) is 0 Å². The van der Waals surface area contributed by atoms with E-state index < -0.39 is 10.0 Å². The van der Waals surface area contributed by atoms with Crippen LogP contribution in [0, 0.1) is 0 Å². The van der Waals surface area contributed by atoms with E-state index in [1.54, 1.807) is 0 Å². The Kier molecular flexibility index (Phi) is 5.29. The third-order valence-corrected chi connectivity index (χ3v) is 4.39. The largest absolute Gasteiger partial charge is 0.340 e. The molecule has 1 aromatic rings. The molecule has 7 nitrogen and oxygen atoms in total. The predicted octanol–water partition coefficient (Wildman–Crippen LogP) is 0.0637. The van der Waals surface area contributed by atoms with Crippen LogP contribution in [0.1, 0.15) is 31.6 Å². The molecule has 1 saturated carbocycles. The molecule has 0 aromatic carbocycles. The van der Waals surface area contributed by atoms with Crippen LogP contribution in [0.3, 0.4) is 0 Å². The molecule has 1 aromatic heterocycles. The van der Waals surface area contributed by atoms with Crippen molar-refractivity contribution in [2.24, 2.45) is 0 Å². The lowest BCUT2D eigenvalue weighted by Gasteiger charge is -2.06. The molecule has 0 saturated heterocycles. The molecule has 2 N–H and O–H groups in total. The molecule has 1 heterocycles. The Hall–Kier alpha value is -0.990. The quantitative estimate of drug-likeness (QED) is 0.591. The van der Waals surface area contributed by atoms with Crippen molar-refractivity contribution in [3.05, 3.63) is 12.2 Å². The van der Waals surface area contributed by atoms with Crippen molar-refractivity contribution in [1.29, 1.82) is 0 Å². The maximum atomic E-state index is 11.7. The van der Waals surface area contributed by atoms with Crippen molar-refractivity contribution in [2.45, 2.75) is 38.1 Å². The van der Waals surface area contributed by atoms with Gasteiger partial charge in [0.25, 0.3) is 0 Å². The number of hydrogen-bond acceptors (Lipinski definition) is 6. The van der Waals surface area contributed by atoms with Crippen molar-refractivity contribution in [1.82, 2.24) is 20.2 Å². The molecular formula is C11H20N4O3S. The molecule has 1 aliphatic rings. The van der Waals surface area contributed by atoms with Gasteiger partial charge < -0.3 is 9.84 Å². The summed E-state index contributed by atoms with van der Waals surface area (Å²) in [6, 6.07) is 0.684. The standard InChI is InChI=1S/C11H20N4O3S/c16-19(17,8-2-1-6-12-10-3-4-10)15-7-5-11-13-9-14-18-11/h9-10,12,15H,1-8H2. The van der Waals surface area contributed by atoms with E-state index in [0.29, 0.717) is 31.3 Å². The van der Waals surface area contributed by atoms with Gasteiger partial charge in [-0.25, -0.2) is 13.1 Å². The second kappa shape index (κ2) is 6.97. The Morgan fingerprint density at radius 1 is 1.32 bits per heavy atom. The summed E-state index contributed by atoms with van der Waals surface area (Å²) in [5.41, 5.74) is 0. The van der Waals surface area contributed by atoms with Crippen molar-refractivity contribution in [3.63, 3.8) is 0 Å². The number of nitrogens with zero attached hydrogens (tertiary/aromatic N) is 2. The zero-order chi connectivity index (χ0) is 13.6. The molecule has 0 spiro atoms. The minimum atomic E-state index is -3.19. The van der Waals surface area contributed by atoms with Gasteiger partial charge in [0.1, 0.15) is 0 Å². The van der Waals surface area contributed by atoms with Crippen molar-refractivity contribution in [2.75, 3.05) is 18.8 Å². The number of aromatic nitrogens is 2. The van der Waals surface area contributed by atoms with E-state index in [4.69, 9.17) is 4.52 Å². The Morgan fingerprint density at radius 3 is 2.84 bits per heavy atom. The van der Waals surface area contributed by atoms with Crippen LogP contribution in [0.4, 0.5) is 0 Å². The molecule has 2 rings (SSSR count). The van der Waals surface area contributed by atoms with Crippen LogP contribution < -0.4 is 10.0 Å². The van der Waals surface area contributed by atoms with Gasteiger partial charge in [-0.2, -0.15) is 4.98 Å². The molecule has 0 radical (unpaired) electrons. The fourth-order valence-corrected chi connectivity index (χ4v) is 2.84. The van der Waals surface area contributed by atoms with Crippen LogP contribution in [-0.4, -0.2) is 43.4 Å². The number of unbranched alkanes of at least 4 members (excludes halogenated alkanes) is 1. The minimum Gasteiger partial charge on any atom is -0.340 e. The maximum absolute atomic E-state index is 11.7. The highest BCUT2D eigenvalue weighted by Crippen LogP contribution is 2.18. The van der Waals surface area contributed by atoms with Gasteiger partial charge in [-0.15, -0.1) is 0 Å². The third-order valence-electron chi connectivity index (χ3n) is 2.92. The highest BCUT2D eigenvalue weighted by atomic mass is 32.2. The summed E-state index contributed by atoms with van der Waals surface area (Å²) in [6.45, 7) is 1.20. The molecule has 0 aliphatic heterocycles.